The van der Waals surface area contributed by atoms with Gasteiger partial charge < -0.3 is 0 Å². The molecule has 0 radical (unpaired) electrons. The molecule has 0 spiro atoms. The summed E-state index contributed by atoms with van der Waals surface area (Å²) in [6, 6.07) is 1.46. The third-order valence-corrected chi connectivity index (χ3v) is 1.50. The lowest BCUT2D eigenvalue weighted by molar-refractivity contribution is 1.45. The Labute approximate surface area is 44.8 Å². The Morgan fingerprint density at radius 2 is 1.50 bits per heavy atom. The molecule has 6 heavy (non-hydrogen) atoms. The summed E-state index contributed by atoms with van der Waals surface area (Å²) in [6.45, 7) is 4.56. The number of hydrogen-bond donors (Lipinski definition) is 0. The summed E-state index contributed by atoms with van der Waals surface area (Å²) in [5, 5.41) is 0. The van der Waals surface area contributed by atoms with Crippen molar-refractivity contribution in [3.05, 3.63) is 0 Å². The Hall–Kier alpha value is 0.217. The minimum absolute atomic E-state index is 0. The van der Waals surface area contributed by atoms with Gasteiger partial charge in [-0.25, -0.2) is 0 Å². The van der Waals surface area contributed by atoms with Gasteiger partial charge in [-0.1, -0.05) is 34.4 Å². The maximum Gasteiger partial charge on any atom is 0.0163 e. The van der Waals surface area contributed by atoms with Crippen molar-refractivity contribution >= 4 is 9.52 Å². The summed E-state index contributed by atoms with van der Waals surface area (Å²) in [6.07, 6.45) is 0. The van der Waals surface area contributed by atoms with Gasteiger partial charge >= 0.3 is 0 Å². The van der Waals surface area contributed by atoms with Crippen molar-refractivity contribution in [3.8, 4) is 0 Å². The van der Waals surface area contributed by atoms with Crippen molar-refractivity contribution in [2.75, 3.05) is 0 Å². The predicted molar refractivity (Wildman–Crippen MR) is 38.4 cm³/mol. The molecule has 0 fully saturated rings. The van der Waals surface area contributed by atoms with E-state index >= 15 is 0 Å². The van der Waals surface area contributed by atoms with Crippen LogP contribution in [0.4, 0.5) is 0 Å². The van der Waals surface area contributed by atoms with E-state index in [4.69, 9.17) is 0 Å². The number of rotatable bonds is 1. The highest BCUT2D eigenvalue weighted by molar-refractivity contribution is 6.33. The minimum atomic E-state index is 0. The van der Waals surface area contributed by atoms with Crippen LogP contribution in [0.15, 0.2) is 0 Å². The van der Waals surface area contributed by atoms with Crippen LogP contribution < -0.4 is 0 Å². The molecule has 0 rings (SSSR count). The van der Waals surface area contributed by atoms with Gasteiger partial charge in [-0.2, -0.15) is 0 Å². The highest BCUT2D eigenvalue weighted by Crippen LogP contribution is 1.64. The minimum Gasteiger partial charge on any atom is -0.0776 e. The summed E-state index contributed by atoms with van der Waals surface area (Å²) in [7, 11) is 0.424. The van der Waals surface area contributed by atoms with Crippen molar-refractivity contribution in [1.29, 1.82) is 0 Å². The maximum absolute atomic E-state index is 2.32. The van der Waals surface area contributed by atoms with Crippen LogP contribution in [-0.2, 0) is 0 Å². The molecule has 0 saturated carbocycles. The third kappa shape index (κ3) is 29.5. The molecule has 0 heterocycles. The molecule has 0 aliphatic heterocycles. The molecule has 0 saturated heterocycles. The second-order valence-electron chi connectivity index (χ2n) is 1.000. The Bertz CT molecular complexity index is 5.90. The molecule has 0 aromatic heterocycles. The van der Waals surface area contributed by atoms with Crippen LogP contribution in [0.3, 0.4) is 0 Å². The lowest BCUT2D eigenvalue weighted by Crippen LogP contribution is -1.67. The van der Waals surface area contributed by atoms with Crippen LogP contribution in [0, 0.1) is 0 Å². The van der Waals surface area contributed by atoms with E-state index in [1.54, 1.807) is 0 Å². The SMILES string of the molecule is C.C.CC[SiH2]C. The zero-order valence-electron chi connectivity index (χ0n) is 3.41. The van der Waals surface area contributed by atoms with E-state index in [0.717, 1.165) is 0 Å². The standard InChI is InChI=1S/C3H10Si.2CH4/c1-3-4-2;;/h3-4H2,1-2H3;2*1H4. The van der Waals surface area contributed by atoms with Crippen LogP contribution in [0.2, 0.25) is 12.6 Å². The molecule has 0 amide bonds. The molecule has 0 aliphatic carbocycles. The summed E-state index contributed by atoms with van der Waals surface area (Å²) < 4.78 is 0. The maximum atomic E-state index is 2.32. The second kappa shape index (κ2) is 18.9. The molecular weight excluding hydrogens is 88.1 g/mol. The first-order valence-corrected chi connectivity index (χ1v) is 4.33. The number of hydrogen-bond acceptors (Lipinski definition) is 0. The third-order valence-electron chi connectivity index (χ3n) is 0.500. The van der Waals surface area contributed by atoms with Gasteiger partial charge in [0.25, 0.3) is 0 Å². The largest absolute Gasteiger partial charge is 0.0776 e. The first-order valence-electron chi connectivity index (χ1n) is 1.91. The topological polar surface area (TPSA) is 0 Å². The average molecular weight is 106 g/mol. The quantitative estimate of drug-likeness (QED) is 0.448. The second-order valence-corrected chi connectivity index (χ2v) is 3.00. The van der Waals surface area contributed by atoms with Crippen LogP contribution in [-0.4, -0.2) is 9.52 Å². The first kappa shape index (κ1) is 16.4. The van der Waals surface area contributed by atoms with Gasteiger partial charge in [0.15, 0.2) is 0 Å². The van der Waals surface area contributed by atoms with E-state index in [9.17, 15) is 0 Å². The van der Waals surface area contributed by atoms with Gasteiger partial charge in [-0.05, 0) is 0 Å². The molecule has 0 N–H and O–H groups in total. The van der Waals surface area contributed by atoms with E-state index in [0.29, 0.717) is 9.52 Å². The highest BCUT2D eigenvalue weighted by Gasteiger charge is 1.58. The van der Waals surface area contributed by atoms with E-state index in [2.05, 4.69) is 13.5 Å². The Morgan fingerprint density at radius 3 is 1.50 bits per heavy atom. The van der Waals surface area contributed by atoms with Gasteiger partial charge in [0.2, 0.25) is 0 Å². The van der Waals surface area contributed by atoms with Crippen molar-refractivity contribution in [1.82, 2.24) is 0 Å². The summed E-state index contributed by atoms with van der Waals surface area (Å²) in [5.74, 6) is 0. The molecule has 0 aliphatic rings. The van der Waals surface area contributed by atoms with E-state index in [1.807, 2.05) is 0 Å². The highest BCUT2D eigenvalue weighted by atomic mass is 28.2. The van der Waals surface area contributed by atoms with Crippen LogP contribution in [0.5, 0.6) is 0 Å². The molecule has 0 atom stereocenters. The lowest BCUT2D eigenvalue weighted by atomic mass is 11.0. The van der Waals surface area contributed by atoms with Crippen molar-refractivity contribution in [2.24, 2.45) is 0 Å². The first-order chi connectivity index (χ1) is 1.91. The normalized spacial score (nSPS) is 7.00. The van der Waals surface area contributed by atoms with Gasteiger partial charge in [-0.3, -0.25) is 0 Å². The van der Waals surface area contributed by atoms with Crippen LogP contribution in [0.25, 0.3) is 0 Å². The Morgan fingerprint density at radius 1 is 1.33 bits per heavy atom. The molecule has 0 nitrogen and oxygen atoms in total. The Balaban J connectivity index is -0.0000000450. The molecule has 42 valence electrons. The average Bonchev–Trinajstić information content (AvgIpc) is 1.37. The summed E-state index contributed by atoms with van der Waals surface area (Å²) in [4.78, 5) is 0. The molecule has 1 heteroatoms. The molecule has 0 aromatic carbocycles. The van der Waals surface area contributed by atoms with Gasteiger partial charge in [0.05, 0.1) is 0 Å². The zero-order valence-corrected chi connectivity index (χ0v) is 4.83. The smallest absolute Gasteiger partial charge is 0.0163 e. The van der Waals surface area contributed by atoms with Gasteiger partial charge in [0, 0.05) is 9.52 Å². The lowest BCUT2D eigenvalue weighted by Gasteiger charge is -1.66. The van der Waals surface area contributed by atoms with Crippen LogP contribution >= 0.6 is 0 Å². The fourth-order valence-electron chi connectivity index (χ4n) is 0. The molecule has 0 bridgehead atoms. The summed E-state index contributed by atoms with van der Waals surface area (Å²) in [5.41, 5.74) is 0. The summed E-state index contributed by atoms with van der Waals surface area (Å²) >= 11 is 0. The van der Waals surface area contributed by atoms with E-state index in [-0.39, 0.29) is 14.9 Å². The van der Waals surface area contributed by atoms with E-state index in [1.165, 1.54) is 6.04 Å². The zero-order chi connectivity index (χ0) is 3.41. The predicted octanol–water partition coefficient (Wildman–Crippen LogP) is 1.91. The fraction of sp³-hybridized carbons (Fsp3) is 1.00. The monoisotopic (exact) mass is 106 g/mol. The van der Waals surface area contributed by atoms with Crippen LogP contribution in [0.1, 0.15) is 21.8 Å². The van der Waals surface area contributed by atoms with Gasteiger partial charge in [-0.15, -0.1) is 0 Å². The molecular formula is C5H18Si. The Kier molecular flexibility index (Phi) is 51.4. The van der Waals surface area contributed by atoms with E-state index < -0.39 is 0 Å². The molecule has 0 unspecified atom stereocenters. The van der Waals surface area contributed by atoms with Gasteiger partial charge in [0.1, 0.15) is 0 Å². The van der Waals surface area contributed by atoms with Crippen molar-refractivity contribution in [2.45, 2.75) is 34.4 Å². The fourth-order valence-corrected chi connectivity index (χ4v) is 0. The van der Waals surface area contributed by atoms with Crippen molar-refractivity contribution in [3.63, 3.8) is 0 Å². The van der Waals surface area contributed by atoms with Crippen molar-refractivity contribution < 1.29 is 0 Å². The molecule has 0 aromatic rings.